The summed E-state index contributed by atoms with van der Waals surface area (Å²) in [7, 11) is 0. The van der Waals surface area contributed by atoms with Crippen molar-refractivity contribution >= 4 is 18.0 Å². The molecule has 3 heterocycles. The Morgan fingerprint density at radius 3 is 2.55 bits per heavy atom. The highest BCUT2D eigenvalue weighted by Crippen LogP contribution is 2.27. The number of hydrogen-bond donors (Lipinski definition) is 0. The lowest BCUT2D eigenvalue weighted by Crippen LogP contribution is -1.88. The van der Waals surface area contributed by atoms with Gasteiger partial charge < -0.3 is 8.83 Å². The van der Waals surface area contributed by atoms with Gasteiger partial charge in [-0.25, -0.2) is 0 Å². The van der Waals surface area contributed by atoms with Gasteiger partial charge in [0.15, 0.2) is 0 Å². The minimum Gasteiger partial charge on any atom is -0.415 e. The molecule has 0 fully saturated rings. The molecular weight excluding hydrogens is 404 g/mol. The summed E-state index contributed by atoms with van der Waals surface area (Å²) in [4.78, 5) is 15.1. The monoisotopic (exact) mass is 415 g/mol. The Balaban J connectivity index is 1.40. The van der Waals surface area contributed by atoms with Crippen molar-refractivity contribution in [3.63, 3.8) is 0 Å². The highest BCUT2D eigenvalue weighted by atomic mass is 32.2. The largest absolute Gasteiger partial charge is 0.415 e. The number of pyridine rings is 1. The summed E-state index contributed by atoms with van der Waals surface area (Å²) in [6.07, 6.45) is -0.615. The summed E-state index contributed by atoms with van der Waals surface area (Å²) in [6.45, 7) is 0. The Hall–Kier alpha value is -3.47. The van der Waals surface area contributed by atoms with E-state index < -0.39 is 12.3 Å². The second-order valence-electron chi connectivity index (χ2n) is 5.69. The summed E-state index contributed by atoms with van der Waals surface area (Å²) >= 11 is 1.29. The van der Waals surface area contributed by atoms with E-state index in [2.05, 4.69) is 25.4 Å². The van der Waals surface area contributed by atoms with Gasteiger partial charge in [0, 0.05) is 23.1 Å². The van der Waals surface area contributed by atoms with Crippen LogP contribution in [0, 0.1) is 0 Å². The number of thioether (sulfide) groups is 1. The number of halogens is 2. The lowest BCUT2D eigenvalue weighted by Gasteiger charge is -1.99. The molecule has 146 valence electrons. The first kappa shape index (κ1) is 18.9. The van der Waals surface area contributed by atoms with Crippen molar-refractivity contribution in [2.75, 3.05) is 0 Å². The van der Waals surface area contributed by atoms with Gasteiger partial charge in [-0.1, -0.05) is 23.9 Å². The number of hydrogen-bond acceptors (Lipinski definition) is 9. The van der Waals surface area contributed by atoms with Crippen LogP contribution in [-0.2, 0) is 5.75 Å². The van der Waals surface area contributed by atoms with Crippen LogP contribution in [0.3, 0.4) is 0 Å². The Bertz CT molecular complexity index is 1130. The molecule has 0 saturated heterocycles. The quantitative estimate of drug-likeness (QED) is 0.324. The number of alkyl halides is 2. The van der Waals surface area contributed by atoms with E-state index in [9.17, 15) is 13.6 Å². The fourth-order valence-corrected chi connectivity index (χ4v) is 3.02. The molecular formula is C18H11F2N5O3S. The maximum absolute atomic E-state index is 12.5. The van der Waals surface area contributed by atoms with Crippen molar-refractivity contribution in [1.29, 1.82) is 0 Å². The summed E-state index contributed by atoms with van der Waals surface area (Å²) < 4.78 is 35.5. The third-order valence-corrected chi connectivity index (χ3v) is 4.57. The van der Waals surface area contributed by atoms with Gasteiger partial charge >= 0.3 is 6.43 Å². The number of carbonyl (C=O) groups is 1. The minimum absolute atomic E-state index is 0.0221. The number of rotatable bonds is 7. The minimum atomic E-state index is -2.82. The fraction of sp³-hybridized carbons (Fsp3) is 0.111. The van der Waals surface area contributed by atoms with Crippen LogP contribution in [0.5, 0.6) is 0 Å². The molecule has 0 aliphatic rings. The summed E-state index contributed by atoms with van der Waals surface area (Å²) in [5.41, 5.74) is 2.31. The summed E-state index contributed by atoms with van der Waals surface area (Å²) in [6, 6.07) is 10.2. The zero-order chi connectivity index (χ0) is 20.2. The molecule has 0 unspecified atom stereocenters. The van der Waals surface area contributed by atoms with E-state index in [-0.39, 0.29) is 5.89 Å². The van der Waals surface area contributed by atoms with Crippen molar-refractivity contribution in [2.45, 2.75) is 17.4 Å². The van der Waals surface area contributed by atoms with Crippen molar-refractivity contribution in [3.05, 3.63) is 59.7 Å². The van der Waals surface area contributed by atoms with Gasteiger partial charge in [0.25, 0.3) is 11.1 Å². The average molecular weight is 415 g/mol. The van der Waals surface area contributed by atoms with Crippen LogP contribution in [0.15, 0.2) is 56.7 Å². The normalized spacial score (nSPS) is 11.1. The van der Waals surface area contributed by atoms with E-state index >= 15 is 0 Å². The number of carbonyl (C=O) groups excluding carboxylic acids is 1. The highest BCUT2D eigenvalue weighted by molar-refractivity contribution is 7.98. The molecule has 0 aliphatic heterocycles. The molecule has 0 N–H and O–H groups in total. The van der Waals surface area contributed by atoms with Gasteiger partial charge in [-0.3, -0.25) is 9.78 Å². The second kappa shape index (κ2) is 8.27. The average Bonchev–Trinajstić information content (AvgIpc) is 3.43. The van der Waals surface area contributed by atoms with Crippen LogP contribution in [0.2, 0.25) is 0 Å². The van der Waals surface area contributed by atoms with Crippen molar-refractivity contribution in [1.82, 2.24) is 25.4 Å². The molecule has 1 aromatic carbocycles. The molecule has 0 aliphatic carbocycles. The van der Waals surface area contributed by atoms with Crippen molar-refractivity contribution in [2.24, 2.45) is 0 Å². The maximum atomic E-state index is 12.5. The molecule has 4 rings (SSSR count). The number of aromatic nitrogens is 5. The Morgan fingerprint density at radius 2 is 1.83 bits per heavy atom. The molecule has 0 spiro atoms. The first-order chi connectivity index (χ1) is 14.1. The van der Waals surface area contributed by atoms with E-state index in [4.69, 9.17) is 8.83 Å². The molecule has 11 heteroatoms. The van der Waals surface area contributed by atoms with E-state index in [0.29, 0.717) is 39.3 Å². The van der Waals surface area contributed by atoms with Crippen LogP contribution in [-0.4, -0.2) is 31.7 Å². The SMILES string of the molecule is O=Cc1cccc(-c2nnc(SCc3ccc(-c4nnc(C(F)F)o4)cn3)o2)c1. The van der Waals surface area contributed by atoms with Crippen LogP contribution in [0.4, 0.5) is 8.78 Å². The number of aldehydes is 1. The van der Waals surface area contributed by atoms with Gasteiger partial charge in [0.2, 0.25) is 11.8 Å². The van der Waals surface area contributed by atoms with Gasteiger partial charge in [0.05, 0.1) is 11.3 Å². The standard InChI is InChI=1S/C18H11F2N5O3S/c19-14(20)17-24-22-16(27-17)12-4-5-13(21-7-12)9-29-18-25-23-15(28-18)11-3-1-2-10(6-11)8-26/h1-8,14H,9H2. The topological polar surface area (TPSA) is 108 Å². The molecule has 4 aromatic rings. The summed E-state index contributed by atoms with van der Waals surface area (Å²) in [5.74, 6) is 0.00456. The Morgan fingerprint density at radius 1 is 1.00 bits per heavy atom. The molecule has 0 radical (unpaired) electrons. The molecule has 8 nitrogen and oxygen atoms in total. The van der Waals surface area contributed by atoms with E-state index in [1.165, 1.54) is 18.0 Å². The maximum Gasteiger partial charge on any atom is 0.314 e. The van der Waals surface area contributed by atoms with Gasteiger partial charge in [-0.05, 0) is 24.3 Å². The molecule has 0 bridgehead atoms. The first-order valence-corrected chi connectivity index (χ1v) is 9.19. The Kier molecular flexibility index (Phi) is 5.38. The number of nitrogens with zero attached hydrogens (tertiary/aromatic N) is 5. The van der Waals surface area contributed by atoms with Crippen LogP contribution < -0.4 is 0 Å². The van der Waals surface area contributed by atoms with Crippen molar-refractivity contribution < 1.29 is 22.4 Å². The molecule has 0 atom stereocenters. The third kappa shape index (κ3) is 4.35. The molecule has 0 saturated carbocycles. The lowest BCUT2D eigenvalue weighted by molar-refractivity contribution is 0.112. The van der Waals surface area contributed by atoms with E-state index in [1.807, 2.05) is 0 Å². The smallest absolute Gasteiger partial charge is 0.314 e. The van der Waals surface area contributed by atoms with Gasteiger partial charge in [0.1, 0.15) is 6.29 Å². The van der Waals surface area contributed by atoms with Crippen LogP contribution in [0.1, 0.15) is 28.4 Å². The van der Waals surface area contributed by atoms with Gasteiger partial charge in [-0.2, -0.15) is 8.78 Å². The van der Waals surface area contributed by atoms with Gasteiger partial charge in [-0.15, -0.1) is 20.4 Å². The van der Waals surface area contributed by atoms with E-state index in [1.54, 1.807) is 36.4 Å². The third-order valence-electron chi connectivity index (χ3n) is 3.72. The lowest BCUT2D eigenvalue weighted by atomic mass is 10.1. The molecule has 0 amide bonds. The first-order valence-electron chi connectivity index (χ1n) is 8.21. The van der Waals surface area contributed by atoms with Crippen LogP contribution >= 0.6 is 11.8 Å². The predicted molar refractivity (Wildman–Crippen MR) is 97.2 cm³/mol. The zero-order valence-electron chi connectivity index (χ0n) is 14.5. The molecule has 3 aromatic heterocycles. The van der Waals surface area contributed by atoms with E-state index in [0.717, 1.165) is 6.29 Å². The van der Waals surface area contributed by atoms with Crippen LogP contribution in [0.25, 0.3) is 22.9 Å². The zero-order valence-corrected chi connectivity index (χ0v) is 15.3. The number of benzene rings is 1. The summed E-state index contributed by atoms with van der Waals surface area (Å²) in [5, 5.41) is 15.2. The molecule has 29 heavy (non-hydrogen) atoms. The highest BCUT2D eigenvalue weighted by Gasteiger charge is 2.17. The predicted octanol–water partition coefficient (Wildman–Crippen LogP) is 4.22. The fourth-order valence-electron chi connectivity index (χ4n) is 2.34. The van der Waals surface area contributed by atoms with Crippen molar-refractivity contribution in [3.8, 4) is 22.9 Å². The second-order valence-corrected chi connectivity index (χ2v) is 6.62. The Labute approximate surface area is 166 Å².